The third-order valence-corrected chi connectivity index (χ3v) is 5.09. The van der Waals surface area contributed by atoms with Gasteiger partial charge in [-0.25, -0.2) is 0 Å². The van der Waals surface area contributed by atoms with Crippen molar-refractivity contribution in [3.05, 3.63) is 34.5 Å². The lowest BCUT2D eigenvalue weighted by Gasteiger charge is -2.29. The monoisotopic (exact) mass is 328 g/mol. The average Bonchev–Trinajstić information content (AvgIpc) is 2.90. The number of aromatic amines is 1. The van der Waals surface area contributed by atoms with Gasteiger partial charge < -0.3 is 14.6 Å². The maximum absolute atomic E-state index is 13.1. The van der Waals surface area contributed by atoms with Crippen LogP contribution in [-0.4, -0.2) is 41.6 Å². The van der Waals surface area contributed by atoms with E-state index in [-0.39, 0.29) is 12.0 Å². The summed E-state index contributed by atoms with van der Waals surface area (Å²) in [6.45, 7) is 10.5. The number of nitrogens with one attached hydrogen (secondary N) is 1. The van der Waals surface area contributed by atoms with Crippen molar-refractivity contribution in [3.8, 4) is 0 Å². The second-order valence-electron chi connectivity index (χ2n) is 6.96. The van der Waals surface area contributed by atoms with Crippen LogP contribution >= 0.6 is 0 Å². The molecule has 130 valence electrons. The first-order chi connectivity index (χ1) is 11.5. The summed E-state index contributed by atoms with van der Waals surface area (Å²) < 4.78 is 5.82. The summed E-state index contributed by atoms with van der Waals surface area (Å²) in [5.41, 5.74) is 5.25. The molecule has 1 saturated heterocycles. The number of benzene rings is 1. The molecule has 1 amide bonds. The van der Waals surface area contributed by atoms with Crippen molar-refractivity contribution in [2.45, 2.75) is 53.1 Å². The molecule has 1 aromatic carbocycles. The lowest BCUT2D eigenvalue weighted by Crippen LogP contribution is -2.40. The topological polar surface area (TPSA) is 45.3 Å². The van der Waals surface area contributed by atoms with Gasteiger partial charge in [0, 0.05) is 30.6 Å². The number of hydrogen-bond donors (Lipinski definition) is 1. The van der Waals surface area contributed by atoms with Crippen molar-refractivity contribution in [1.29, 1.82) is 0 Å². The van der Waals surface area contributed by atoms with Gasteiger partial charge in [0.25, 0.3) is 5.91 Å². The Labute approximate surface area is 144 Å². The van der Waals surface area contributed by atoms with E-state index in [4.69, 9.17) is 4.74 Å². The standard InChI is InChI=1S/C20H28N2O2/c1-5-22(12-16-8-6-7-9-24-16)20(23)19-15(4)17-11-13(2)10-14(3)18(17)21-19/h10-11,16,21H,5-9,12H2,1-4H3. The van der Waals surface area contributed by atoms with Gasteiger partial charge in [-0.1, -0.05) is 11.6 Å². The molecule has 1 N–H and O–H groups in total. The van der Waals surface area contributed by atoms with Gasteiger partial charge in [-0.05, 0) is 64.2 Å². The number of likely N-dealkylation sites (N-methyl/N-ethyl adjacent to an activating group) is 1. The Morgan fingerprint density at radius 3 is 2.75 bits per heavy atom. The number of aromatic nitrogens is 1. The summed E-state index contributed by atoms with van der Waals surface area (Å²) in [6.07, 6.45) is 3.56. The Morgan fingerprint density at radius 2 is 2.08 bits per heavy atom. The second kappa shape index (κ2) is 6.98. The van der Waals surface area contributed by atoms with Crippen LogP contribution < -0.4 is 0 Å². The van der Waals surface area contributed by atoms with Crippen molar-refractivity contribution >= 4 is 16.8 Å². The number of H-pyrrole nitrogens is 1. The van der Waals surface area contributed by atoms with Gasteiger partial charge in [-0.15, -0.1) is 0 Å². The minimum absolute atomic E-state index is 0.0810. The number of nitrogens with zero attached hydrogens (tertiary/aromatic N) is 1. The fraction of sp³-hybridized carbons (Fsp3) is 0.550. The first kappa shape index (κ1) is 17.0. The number of amides is 1. The molecule has 0 bridgehead atoms. The third kappa shape index (κ3) is 3.20. The lowest BCUT2D eigenvalue weighted by atomic mass is 10.1. The summed E-state index contributed by atoms with van der Waals surface area (Å²) in [5.74, 6) is 0.0810. The molecular formula is C20H28N2O2. The Kier molecular flexibility index (Phi) is 4.95. The minimum Gasteiger partial charge on any atom is -0.376 e. The molecule has 0 saturated carbocycles. The van der Waals surface area contributed by atoms with Gasteiger partial charge >= 0.3 is 0 Å². The third-order valence-electron chi connectivity index (χ3n) is 5.09. The number of carbonyl (C=O) groups excluding carboxylic acids is 1. The van der Waals surface area contributed by atoms with Crippen LogP contribution in [0, 0.1) is 20.8 Å². The van der Waals surface area contributed by atoms with E-state index in [1.54, 1.807) is 0 Å². The molecule has 4 nitrogen and oxygen atoms in total. The molecule has 1 atom stereocenters. The largest absolute Gasteiger partial charge is 0.376 e. The molecule has 1 aliphatic rings. The van der Waals surface area contributed by atoms with Crippen LogP contribution in [0.2, 0.25) is 0 Å². The molecule has 24 heavy (non-hydrogen) atoms. The highest BCUT2D eigenvalue weighted by atomic mass is 16.5. The van der Waals surface area contributed by atoms with E-state index in [0.29, 0.717) is 13.1 Å². The molecule has 4 heteroatoms. The number of carbonyl (C=O) groups is 1. The molecule has 1 aliphatic heterocycles. The van der Waals surface area contributed by atoms with Crippen molar-refractivity contribution in [1.82, 2.24) is 9.88 Å². The quantitative estimate of drug-likeness (QED) is 0.917. The predicted molar refractivity (Wildman–Crippen MR) is 97.7 cm³/mol. The molecule has 1 unspecified atom stereocenters. The van der Waals surface area contributed by atoms with Crippen LogP contribution in [0.15, 0.2) is 12.1 Å². The zero-order valence-electron chi connectivity index (χ0n) is 15.2. The first-order valence-electron chi connectivity index (χ1n) is 9.01. The number of rotatable bonds is 4. The van der Waals surface area contributed by atoms with Gasteiger partial charge in [-0.2, -0.15) is 0 Å². The average molecular weight is 328 g/mol. The SMILES string of the molecule is CCN(CC1CCCCO1)C(=O)c1[nH]c2c(C)cc(C)cc2c1C. The van der Waals surface area contributed by atoms with Gasteiger partial charge in [0.1, 0.15) is 5.69 Å². The van der Waals surface area contributed by atoms with Crippen molar-refractivity contribution in [3.63, 3.8) is 0 Å². The Balaban J connectivity index is 1.88. The number of ether oxygens (including phenoxy) is 1. The van der Waals surface area contributed by atoms with Crippen LogP contribution in [0.4, 0.5) is 0 Å². The minimum atomic E-state index is 0.0810. The lowest BCUT2D eigenvalue weighted by molar-refractivity contribution is -0.00322. The Bertz CT molecular complexity index is 742. The summed E-state index contributed by atoms with van der Waals surface area (Å²) in [6, 6.07) is 4.31. The Morgan fingerprint density at radius 1 is 1.29 bits per heavy atom. The summed E-state index contributed by atoms with van der Waals surface area (Å²) in [7, 11) is 0. The smallest absolute Gasteiger partial charge is 0.270 e. The van der Waals surface area contributed by atoms with Crippen molar-refractivity contribution in [2.24, 2.45) is 0 Å². The molecule has 2 heterocycles. The van der Waals surface area contributed by atoms with Gasteiger partial charge in [0.05, 0.1) is 6.10 Å². The molecule has 0 aliphatic carbocycles. The highest BCUT2D eigenvalue weighted by Crippen LogP contribution is 2.27. The number of fused-ring (bicyclic) bond motifs is 1. The zero-order chi connectivity index (χ0) is 17.3. The van der Waals surface area contributed by atoms with Gasteiger partial charge in [0.15, 0.2) is 0 Å². The van der Waals surface area contributed by atoms with Crippen LogP contribution in [0.1, 0.15) is 53.4 Å². The fourth-order valence-electron chi connectivity index (χ4n) is 3.71. The van der Waals surface area contributed by atoms with Crippen LogP contribution in [-0.2, 0) is 4.74 Å². The zero-order valence-corrected chi connectivity index (χ0v) is 15.2. The van der Waals surface area contributed by atoms with Crippen LogP contribution in [0.3, 0.4) is 0 Å². The fourth-order valence-corrected chi connectivity index (χ4v) is 3.71. The maximum atomic E-state index is 13.1. The molecule has 1 aromatic heterocycles. The summed E-state index contributed by atoms with van der Waals surface area (Å²) in [4.78, 5) is 18.4. The molecule has 3 rings (SSSR count). The van der Waals surface area contributed by atoms with E-state index >= 15 is 0 Å². The van der Waals surface area contributed by atoms with E-state index in [1.165, 1.54) is 17.5 Å². The van der Waals surface area contributed by atoms with Crippen molar-refractivity contribution in [2.75, 3.05) is 19.7 Å². The first-order valence-corrected chi connectivity index (χ1v) is 9.01. The van der Waals surface area contributed by atoms with E-state index in [1.807, 2.05) is 18.7 Å². The molecule has 1 fully saturated rings. The highest BCUT2D eigenvalue weighted by Gasteiger charge is 2.24. The predicted octanol–water partition coefficient (Wildman–Crippen LogP) is 4.12. The van der Waals surface area contributed by atoms with E-state index in [0.717, 1.165) is 41.6 Å². The normalized spacial score (nSPS) is 18.1. The van der Waals surface area contributed by atoms with Crippen LogP contribution in [0.25, 0.3) is 10.9 Å². The molecule has 0 spiro atoms. The molecule has 0 radical (unpaired) electrons. The second-order valence-corrected chi connectivity index (χ2v) is 6.96. The van der Waals surface area contributed by atoms with Gasteiger partial charge in [-0.3, -0.25) is 4.79 Å². The van der Waals surface area contributed by atoms with E-state index < -0.39 is 0 Å². The van der Waals surface area contributed by atoms with E-state index in [9.17, 15) is 4.79 Å². The summed E-state index contributed by atoms with van der Waals surface area (Å²) >= 11 is 0. The summed E-state index contributed by atoms with van der Waals surface area (Å²) in [5, 5.41) is 1.15. The van der Waals surface area contributed by atoms with E-state index in [2.05, 4.69) is 31.0 Å². The molecular weight excluding hydrogens is 300 g/mol. The van der Waals surface area contributed by atoms with Gasteiger partial charge in [0.2, 0.25) is 0 Å². The van der Waals surface area contributed by atoms with Crippen LogP contribution in [0.5, 0.6) is 0 Å². The maximum Gasteiger partial charge on any atom is 0.270 e. The number of hydrogen-bond acceptors (Lipinski definition) is 2. The highest BCUT2D eigenvalue weighted by molar-refractivity contribution is 6.01. The molecule has 2 aromatic rings. The Hall–Kier alpha value is -1.81. The van der Waals surface area contributed by atoms with Crippen molar-refractivity contribution < 1.29 is 9.53 Å². The number of aryl methyl sites for hydroxylation is 3.